The second kappa shape index (κ2) is 6.61. The summed E-state index contributed by atoms with van der Waals surface area (Å²) in [5.74, 6) is 0.742. The first-order valence-corrected chi connectivity index (χ1v) is 9.85. The maximum atomic E-state index is 13.6. The number of anilines is 1. The fraction of sp³-hybridized carbons (Fsp3) is 0.545. The van der Waals surface area contributed by atoms with Gasteiger partial charge in [-0.2, -0.15) is 13.2 Å². The molecule has 1 saturated carbocycles. The van der Waals surface area contributed by atoms with Crippen molar-refractivity contribution in [3.05, 3.63) is 36.0 Å². The Bertz CT molecular complexity index is 928. The standard InChI is InChI=1S/C22H26F3N3O/c1-20(2)10-15-11-21(3,12-20)13-28(15)19-26-17(9-18(27-19)22(23,24)25)14-6-5-7-16(8-14)29-4/h5-9,15H,10-13H2,1-4H3/t15-,21-/m0/s1. The van der Waals surface area contributed by atoms with E-state index in [0.29, 0.717) is 17.9 Å². The SMILES string of the molecule is COc1cccc(-c2cc(C(F)(F)F)nc(N3C[C@@]4(C)C[C@@H]3CC(C)(C)C4)n2)c1. The van der Waals surface area contributed by atoms with Gasteiger partial charge in [0, 0.05) is 18.2 Å². The van der Waals surface area contributed by atoms with Gasteiger partial charge >= 0.3 is 6.18 Å². The van der Waals surface area contributed by atoms with Crippen LogP contribution >= 0.6 is 0 Å². The molecule has 1 aromatic heterocycles. The molecule has 0 amide bonds. The minimum absolute atomic E-state index is 0.0696. The summed E-state index contributed by atoms with van der Waals surface area (Å²) in [6, 6.07) is 8.11. The van der Waals surface area contributed by atoms with E-state index in [0.717, 1.165) is 25.3 Å². The van der Waals surface area contributed by atoms with Crippen LogP contribution in [0.25, 0.3) is 11.3 Å². The number of nitrogens with zero attached hydrogens (tertiary/aromatic N) is 3. The zero-order valence-electron chi connectivity index (χ0n) is 17.2. The first kappa shape index (κ1) is 20.0. The van der Waals surface area contributed by atoms with Crippen LogP contribution in [0, 0.1) is 10.8 Å². The molecule has 2 atom stereocenters. The Balaban J connectivity index is 1.80. The number of methoxy groups -OCH3 is 1. The maximum absolute atomic E-state index is 13.6. The third kappa shape index (κ3) is 3.91. The number of alkyl halides is 3. The third-order valence-corrected chi connectivity index (χ3v) is 6.04. The van der Waals surface area contributed by atoms with Gasteiger partial charge in [-0.15, -0.1) is 0 Å². The zero-order valence-corrected chi connectivity index (χ0v) is 17.2. The molecule has 0 spiro atoms. The van der Waals surface area contributed by atoms with E-state index in [9.17, 15) is 13.2 Å². The second-order valence-electron chi connectivity index (χ2n) is 9.51. The molecule has 2 fully saturated rings. The summed E-state index contributed by atoms with van der Waals surface area (Å²) in [5.41, 5.74) is 0.148. The van der Waals surface area contributed by atoms with Crippen LogP contribution in [0.5, 0.6) is 5.75 Å². The molecule has 156 valence electrons. The number of ether oxygens (including phenoxy) is 1. The van der Waals surface area contributed by atoms with Crippen LogP contribution in [0.15, 0.2) is 30.3 Å². The van der Waals surface area contributed by atoms with Gasteiger partial charge in [-0.05, 0) is 48.3 Å². The molecule has 2 heterocycles. The molecule has 0 unspecified atom stereocenters. The van der Waals surface area contributed by atoms with E-state index in [1.807, 2.05) is 4.90 Å². The van der Waals surface area contributed by atoms with Gasteiger partial charge in [-0.1, -0.05) is 32.9 Å². The van der Waals surface area contributed by atoms with Gasteiger partial charge in [-0.3, -0.25) is 0 Å². The fourth-order valence-corrected chi connectivity index (χ4v) is 5.33. The van der Waals surface area contributed by atoms with E-state index in [4.69, 9.17) is 4.74 Å². The van der Waals surface area contributed by atoms with Gasteiger partial charge < -0.3 is 9.64 Å². The van der Waals surface area contributed by atoms with Crippen LogP contribution in [0.1, 0.15) is 45.7 Å². The molecule has 2 aromatic rings. The summed E-state index contributed by atoms with van der Waals surface area (Å²) in [6.45, 7) is 7.36. The number of hydrogen-bond donors (Lipinski definition) is 0. The minimum atomic E-state index is -4.54. The molecule has 4 rings (SSSR count). The summed E-state index contributed by atoms with van der Waals surface area (Å²) < 4.78 is 46.1. The Kier molecular flexibility index (Phi) is 4.55. The summed E-state index contributed by atoms with van der Waals surface area (Å²) in [7, 11) is 1.53. The molecule has 2 bridgehead atoms. The lowest BCUT2D eigenvalue weighted by Crippen LogP contribution is -2.35. The van der Waals surface area contributed by atoms with E-state index in [1.165, 1.54) is 7.11 Å². The van der Waals surface area contributed by atoms with E-state index >= 15 is 0 Å². The van der Waals surface area contributed by atoms with Gasteiger partial charge in [0.15, 0.2) is 5.69 Å². The largest absolute Gasteiger partial charge is 0.497 e. The topological polar surface area (TPSA) is 38.2 Å². The number of rotatable bonds is 3. The summed E-state index contributed by atoms with van der Waals surface area (Å²) in [4.78, 5) is 10.5. The average Bonchev–Trinajstić information content (AvgIpc) is 2.89. The molecular weight excluding hydrogens is 379 g/mol. The number of halogens is 3. The number of aromatic nitrogens is 2. The Morgan fingerprint density at radius 2 is 1.86 bits per heavy atom. The molecule has 0 radical (unpaired) electrons. The molecule has 1 aliphatic carbocycles. The molecule has 7 heteroatoms. The summed E-state index contributed by atoms with van der Waals surface area (Å²) in [6.07, 6.45) is -1.60. The minimum Gasteiger partial charge on any atom is -0.497 e. The predicted octanol–water partition coefficient (Wildman–Crippen LogP) is 5.58. The van der Waals surface area contributed by atoms with Crippen LogP contribution in [0.2, 0.25) is 0 Å². The Morgan fingerprint density at radius 1 is 1.10 bits per heavy atom. The molecule has 1 aromatic carbocycles. The van der Waals surface area contributed by atoms with E-state index in [-0.39, 0.29) is 28.5 Å². The molecule has 4 nitrogen and oxygen atoms in total. The van der Waals surface area contributed by atoms with Crippen molar-refractivity contribution < 1.29 is 17.9 Å². The van der Waals surface area contributed by atoms with Crippen molar-refractivity contribution in [3.63, 3.8) is 0 Å². The molecule has 1 saturated heterocycles. The Labute approximate surface area is 169 Å². The van der Waals surface area contributed by atoms with Crippen molar-refractivity contribution in [1.29, 1.82) is 0 Å². The first-order chi connectivity index (χ1) is 13.5. The smallest absolute Gasteiger partial charge is 0.433 e. The zero-order chi connectivity index (χ0) is 21.0. The lowest BCUT2D eigenvalue weighted by molar-refractivity contribution is -0.141. The highest BCUT2D eigenvalue weighted by atomic mass is 19.4. The van der Waals surface area contributed by atoms with Crippen LogP contribution in [-0.2, 0) is 6.18 Å². The Morgan fingerprint density at radius 3 is 2.55 bits per heavy atom. The molecule has 1 aliphatic heterocycles. The van der Waals surface area contributed by atoms with Crippen molar-refractivity contribution in [2.45, 2.75) is 52.3 Å². The van der Waals surface area contributed by atoms with Crippen LogP contribution in [0.3, 0.4) is 0 Å². The monoisotopic (exact) mass is 405 g/mol. The van der Waals surface area contributed by atoms with Crippen LogP contribution in [-0.4, -0.2) is 29.7 Å². The second-order valence-corrected chi connectivity index (χ2v) is 9.51. The van der Waals surface area contributed by atoms with Gasteiger partial charge in [0.25, 0.3) is 0 Å². The molecule has 0 N–H and O–H groups in total. The quantitative estimate of drug-likeness (QED) is 0.669. The highest BCUT2D eigenvalue weighted by Gasteiger charge is 2.50. The van der Waals surface area contributed by atoms with Crippen LogP contribution < -0.4 is 9.64 Å². The lowest BCUT2D eigenvalue weighted by Gasteiger charge is -2.39. The van der Waals surface area contributed by atoms with Gasteiger partial charge in [0.1, 0.15) is 5.75 Å². The normalized spacial score (nSPS) is 25.9. The van der Waals surface area contributed by atoms with Gasteiger partial charge in [0.05, 0.1) is 12.8 Å². The van der Waals surface area contributed by atoms with E-state index in [2.05, 4.69) is 30.7 Å². The van der Waals surface area contributed by atoms with Crippen LogP contribution in [0.4, 0.5) is 19.1 Å². The molecule has 2 aliphatic rings. The average molecular weight is 405 g/mol. The lowest BCUT2D eigenvalue weighted by atomic mass is 9.65. The number of fused-ring (bicyclic) bond motifs is 2. The van der Waals surface area contributed by atoms with Crippen molar-refractivity contribution in [1.82, 2.24) is 9.97 Å². The molecular formula is C22H26F3N3O. The fourth-order valence-electron chi connectivity index (χ4n) is 5.33. The summed E-state index contributed by atoms with van der Waals surface area (Å²) >= 11 is 0. The predicted molar refractivity (Wildman–Crippen MR) is 106 cm³/mol. The molecule has 29 heavy (non-hydrogen) atoms. The first-order valence-electron chi connectivity index (χ1n) is 9.85. The van der Waals surface area contributed by atoms with Gasteiger partial charge in [-0.25, -0.2) is 9.97 Å². The van der Waals surface area contributed by atoms with E-state index in [1.54, 1.807) is 24.3 Å². The van der Waals surface area contributed by atoms with Crippen molar-refractivity contribution >= 4 is 5.95 Å². The van der Waals surface area contributed by atoms with Crippen molar-refractivity contribution in [3.8, 4) is 17.0 Å². The van der Waals surface area contributed by atoms with Crippen molar-refractivity contribution in [2.75, 3.05) is 18.6 Å². The summed E-state index contributed by atoms with van der Waals surface area (Å²) in [5, 5.41) is 0. The number of hydrogen-bond acceptors (Lipinski definition) is 4. The van der Waals surface area contributed by atoms with Gasteiger partial charge in [0.2, 0.25) is 5.95 Å². The third-order valence-electron chi connectivity index (χ3n) is 6.04. The van der Waals surface area contributed by atoms with Crippen molar-refractivity contribution in [2.24, 2.45) is 10.8 Å². The highest BCUT2D eigenvalue weighted by molar-refractivity contribution is 5.63. The Hall–Kier alpha value is -2.31. The van der Waals surface area contributed by atoms with E-state index < -0.39 is 11.9 Å². The number of benzene rings is 1. The highest BCUT2D eigenvalue weighted by Crippen LogP contribution is 2.53. The maximum Gasteiger partial charge on any atom is 0.433 e.